The highest BCUT2D eigenvalue weighted by Gasteiger charge is 2.47. The van der Waals surface area contributed by atoms with E-state index in [1.165, 1.54) is 17.0 Å². The van der Waals surface area contributed by atoms with Crippen LogP contribution in [-0.4, -0.2) is 63.7 Å². The number of rotatable bonds is 10. The Morgan fingerprint density at radius 2 is 1.37 bits per heavy atom. The molecule has 0 aliphatic carbocycles. The second-order valence-corrected chi connectivity index (χ2v) is 11.1. The number of carbonyl (C=O) groups excluding carboxylic acids is 2. The lowest BCUT2D eigenvalue weighted by Crippen LogP contribution is -2.68. The third-order valence-corrected chi connectivity index (χ3v) is 8.20. The van der Waals surface area contributed by atoms with E-state index in [4.69, 9.17) is 0 Å². The lowest BCUT2D eigenvalue weighted by molar-refractivity contribution is -0.138. The van der Waals surface area contributed by atoms with Crippen LogP contribution in [0.15, 0.2) is 79.0 Å². The van der Waals surface area contributed by atoms with E-state index in [0.29, 0.717) is 5.56 Å². The number of nitrogens with zero attached hydrogens (tertiary/aromatic N) is 1. The molecule has 5 rings (SSSR count). The minimum atomic E-state index is -4.91. The van der Waals surface area contributed by atoms with Crippen molar-refractivity contribution in [3.05, 3.63) is 107 Å². The Balaban J connectivity index is 1.63. The van der Waals surface area contributed by atoms with Gasteiger partial charge in [-0.1, -0.05) is 54.6 Å². The van der Waals surface area contributed by atoms with Crippen LogP contribution in [0.1, 0.15) is 50.2 Å². The van der Waals surface area contributed by atoms with Crippen LogP contribution < -0.4 is 5.32 Å². The number of piperazine rings is 1. The predicted molar refractivity (Wildman–Crippen MR) is 156 cm³/mol. The number of carbonyl (C=O) groups is 3. The minimum Gasteiger partial charge on any atom is -0.481 e. The molecule has 3 unspecified atom stereocenters. The molecule has 1 fully saturated rings. The van der Waals surface area contributed by atoms with Crippen LogP contribution in [0.25, 0.3) is 10.9 Å². The van der Waals surface area contributed by atoms with Gasteiger partial charge >= 0.3 is 18.3 Å². The van der Waals surface area contributed by atoms with Crippen LogP contribution in [0.4, 0.5) is 26.3 Å². The number of fused-ring (bicyclic) bond motifs is 1. The van der Waals surface area contributed by atoms with Crippen LogP contribution in [0.2, 0.25) is 0 Å². The molecular weight excluding hydrogens is 616 g/mol. The van der Waals surface area contributed by atoms with Crippen LogP contribution >= 0.6 is 0 Å². The number of carboxylic acid groups (broad SMARTS) is 1. The van der Waals surface area contributed by atoms with Gasteiger partial charge in [0.05, 0.1) is 23.2 Å². The summed E-state index contributed by atoms with van der Waals surface area (Å²) in [4.78, 5) is 44.0. The van der Waals surface area contributed by atoms with Crippen molar-refractivity contribution in [2.45, 2.75) is 49.7 Å². The number of aromatic nitrogens is 1. The van der Waals surface area contributed by atoms with Crippen molar-refractivity contribution in [1.82, 2.24) is 15.2 Å². The molecule has 13 heteroatoms. The van der Waals surface area contributed by atoms with Crippen LogP contribution in [0.5, 0.6) is 0 Å². The minimum absolute atomic E-state index is 0.101. The summed E-state index contributed by atoms with van der Waals surface area (Å²) in [5.74, 6) is -3.19. The van der Waals surface area contributed by atoms with Crippen molar-refractivity contribution in [2.75, 3.05) is 13.1 Å². The topological polar surface area (TPSA) is 102 Å². The van der Waals surface area contributed by atoms with Gasteiger partial charge in [0.1, 0.15) is 0 Å². The zero-order valence-corrected chi connectivity index (χ0v) is 24.2. The summed E-state index contributed by atoms with van der Waals surface area (Å²) in [6.07, 6.45) is -8.52. The number of nitrogens with one attached hydrogen (secondary N) is 2. The number of para-hydroxylation sites is 1. The van der Waals surface area contributed by atoms with Gasteiger partial charge in [0.2, 0.25) is 0 Å². The molecule has 1 aliphatic rings. The van der Waals surface area contributed by atoms with Crippen molar-refractivity contribution >= 4 is 28.4 Å². The molecule has 2 heterocycles. The first-order valence-electron chi connectivity index (χ1n) is 14.4. The van der Waals surface area contributed by atoms with Crippen LogP contribution in [-0.2, 0) is 23.6 Å². The summed E-state index contributed by atoms with van der Waals surface area (Å²) in [6, 6.07) is 11.8. The molecule has 3 N–H and O–H groups in total. The average molecular weight is 646 g/mol. The van der Waals surface area contributed by atoms with Gasteiger partial charge in [-0.2, -0.15) is 26.3 Å². The van der Waals surface area contributed by atoms with E-state index >= 15 is 0 Å². The van der Waals surface area contributed by atoms with Gasteiger partial charge in [0.25, 0.3) is 0 Å². The van der Waals surface area contributed by atoms with Crippen molar-refractivity contribution in [3.8, 4) is 0 Å². The SMILES string of the molecule is O=C(O)CCCN1C(C(=O)c2ccccc2C(F)(F)F)CNC(Cc2c[nH]c3ccccc23)C1C(=O)c1ccccc1C(F)(F)F. The number of Topliss-reactive ketones (excluding diaryl/α,β-unsaturated/α-hetero) is 2. The number of hydrogen-bond acceptors (Lipinski definition) is 5. The highest BCUT2D eigenvalue weighted by atomic mass is 19.4. The maximum Gasteiger partial charge on any atom is 0.417 e. The molecule has 0 bridgehead atoms. The fourth-order valence-electron chi connectivity index (χ4n) is 6.15. The van der Waals surface area contributed by atoms with E-state index in [0.717, 1.165) is 47.3 Å². The Kier molecular flexibility index (Phi) is 9.36. The van der Waals surface area contributed by atoms with Crippen LogP contribution in [0.3, 0.4) is 0 Å². The molecule has 0 spiro atoms. The molecule has 3 aromatic carbocycles. The van der Waals surface area contributed by atoms with Crippen molar-refractivity contribution in [3.63, 3.8) is 0 Å². The maximum atomic E-state index is 14.3. The summed E-state index contributed by atoms with van der Waals surface area (Å²) in [5, 5.41) is 13.2. The fourth-order valence-corrected chi connectivity index (χ4v) is 6.15. The monoisotopic (exact) mass is 645 g/mol. The summed E-state index contributed by atoms with van der Waals surface area (Å²) in [5.41, 5.74) is -2.25. The van der Waals surface area contributed by atoms with E-state index < -0.39 is 76.7 Å². The molecule has 0 amide bonds. The molecule has 4 aromatic rings. The molecule has 1 saturated heterocycles. The Morgan fingerprint density at radius 3 is 1.98 bits per heavy atom. The highest BCUT2D eigenvalue weighted by molar-refractivity contribution is 6.05. The van der Waals surface area contributed by atoms with Gasteiger partial charge in [-0.15, -0.1) is 0 Å². The van der Waals surface area contributed by atoms with E-state index in [2.05, 4.69) is 10.3 Å². The first-order chi connectivity index (χ1) is 21.8. The Hall–Kier alpha value is -4.49. The quantitative estimate of drug-likeness (QED) is 0.137. The van der Waals surface area contributed by atoms with Gasteiger partial charge in [-0.05, 0) is 36.6 Å². The van der Waals surface area contributed by atoms with Gasteiger partial charge in [-0.25, -0.2) is 0 Å². The number of hydrogen-bond donors (Lipinski definition) is 3. The largest absolute Gasteiger partial charge is 0.481 e. The van der Waals surface area contributed by atoms with Crippen molar-refractivity contribution in [2.24, 2.45) is 0 Å². The van der Waals surface area contributed by atoms with Crippen molar-refractivity contribution in [1.29, 1.82) is 0 Å². The number of H-pyrrole nitrogens is 1. The summed E-state index contributed by atoms with van der Waals surface area (Å²) < 4.78 is 84.2. The van der Waals surface area contributed by atoms with Gasteiger partial charge < -0.3 is 15.4 Å². The number of benzene rings is 3. The lowest BCUT2D eigenvalue weighted by atomic mass is 9.84. The zero-order chi connectivity index (χ0) is 33.2. The number of aliphatic carboxylic acids is 1. The molecule has 1 aromatic heterocycles. The highest BCUT2D eigenvalue weighted by Crippen LogP contribution is 2.36. The second kappa shape index (κ2) is 13.1. The molecule has 0 saturated carbocycles. The van der Waals surface area contributed by atoms with E-state index in [1.54, 1.807) is 18.3 Å². The van der Waals surface area contributed by atoms with Crippen molar-refractivity contribution < 1.29 is 45.8 Å². The number of aromatic amines is 1. The standard InChI is InChI=1S/C33H29F6N3O4/c34-32(35,36)23-11-4-1-9-21(23)30(45)27-18-41-26(16-19-17-40-25-13-6-3-8-20(19)25)29(42(27)15-7-14-28(43)44)31(46)22-10-2-5-12-24(22)33(37,38)39/h1-6,8-13,17,26-27,29,40-41H,7,14-16,18H2,(H,43,44). The molecule has 7 nitrogen and oxygen atoms in total. The molecule has 46 heavy (non-hydrogen) atoms. The predicted octanol–water partition coefficient (Wildman–Crippen LogP) is 6.39. The Bertz CT molecular complexity index is 1750. The van der Waals surface area contributed by atoms with Gasteiger partial charge in [0.15, 0.2) is 11.6 Å². The van der Waals surface area contributed by atoms with E-state index in [-0.39, 0.29) is 25.9 Å². The first-order valence-corrected chi connectivity index (χ1v) is 14.4. The first kappa shape index (κ1) is 32.9. The van der Waals surface area contributed by atoms with E-state index in [1.807, 2.05) is 12.1 Å². The second-order valence-electron chi connectivity index (χ2n) is 11.1. The van der Waals surface area contributed by atoms with Gasteiger partial charge in [0, 0.05) is 53.8 Å². The summed E-state index contributed by atoms with van der Waals surface area (Å²) in [7, 11) is 0. The lowest BCUT2D eigenvalue weighted by Gasteiger charge is -2.46. The Labute approximate surface area is 259 Å². The van der Waals surface area contributed by atoms with E-state index in [9.17, 15) is 45.8 Å². The summed E-state index contributed by atoms with van der Waals surface area (Å²) in [6.45, 7) is -0.497. The smallest absolute Gasteiger partial charge is 0.417 e. The molecular formula is C33H29F6N3O4. The van der Waals surface area contributed by atoms with Crippen LogP contribution in [0, 0.1) is 0 Å². The average Bonchev–Trinajstić information content (AvgIpc) is 3.42. The normalized spacial score (nSPS) is 19.3. The third kappa shape index (κ3) is 6.85. The molecule has 1 aliphatic heterocycles. The number of ketones is 2. The summed E-state index contributed by atoms with van der Waals surface area (Å²) >= 11 is 0. The molecule has 242 valence electrons. The third-order valence-electron chi connectivity index (χ3n) is 8.20. The zero-order valence-electron chi connectivity index (χ0n) is 24.2. The Morgan fingerprint density at radius 1 is 0.804 bits per heavy atom. The molecule has 3 atom stereocenters. The fraction of sp³-hybridized carbons (Fsp3) is 0.303. The van der Waals surface area contributed by atoms with Gasteiger partial charge in [-0.3, -0.25) is 19.3 Å². The number of alkyl halides is 6. The number of carboxylic acids is 1. The number of halogens is 6. The molecule has 0 radical (unpaired) electrons. The maximum absolute atomic E-state index is 14.3.